The fourth-order valence-corrected chi connectivity index (χ4v) is 2.39. The molecule has 3 rings (SSSR count). The molecule has 118 valence electrons. The number of fused-ring (bicyclic) bond motifs is 1. The number of benzene rings is 2. The molecular weight excluding hydrogens is 299 g/mol. The molecule has 2 aromatic carbocycles. The highest BCUT2D eigenvalue weighted by atomic mass is 19.1. The van der Waals surface area contributed by atoms with E-state index in [-0.39, 0.29) is 17.1 Å². The average Bonchev–Trinajstić information content (AvgIpc) is 2.90. The van der Waals surface area contributed by atoms with E-state index in [4.69, 9.17) is 4.74 Å². The number of nitrogens with one attached hydrogen (secondary N) is 1. The summed E-state index contributed by atoms with van der Waals surface area (Å²) in [6.45, 7) is 0. The summed E-state index contributed by atoms with van der Waals surface area (Å²) in [7, 11) is 3.03. The van der Waals surface area contributed by atoms with Gasteiger partial charge >= 0.3 is 0 Å². The van der Waals surface area contributed by atoms with Gasteiger partial charge in [-0.25, -0.2) is 9.38 Å². The van der Waals surface area contributed by atoms with Gasteiger partial charge in [-0.1, -0.05) is 30.3 Å². The van der Waals surface area contributed by atoms with Crippen molar-refractivity contribution in [1.82, 2.24) is 15.3 Å². The van der Waals surface area contributed by atoms with Crippen LogP contribution in [0.1, 0.15) is 5.56 Å². The van der Waals surface area contributed by atoms with Crippen molar-refractivity contribution < 1.29 is 14.3 Å². The van der Waals surface area contributed by atoms with E-state index in [1.807, 2.05) is 18.2 Å². The second-order valence-electron chi connectivity index (χ2n) is 4.86. The zero-order valence-corrected chi connectivity index (χ0v) is 12.6. The molecule has 0 amide bonds. The Balaban J connectivity index is 2.17. The maximum atomic E-state index is 14.4. The van der Waals surface area contributed by atoms with Crippen LogP contribution in [-0.4, -0.2) is 27.9 Å². The molecule has 0 unspecified atom stereocenters. The van der Waals surface area contributed by atoms with E-state index < -0.39 is 5.82 Å². The van der Waals surface area contributed by atoms with Crippen LogP contribution in [0.25, 0.3) is 10.9 Å². The Kier molecular flexibility index (Phi) is 3.94. The molecule has 0 saturated carbocycles. The van der Waals surface area contributed by atoms with Crippen molar-refractivity contribution in [3.63, 3.8) is 0 Å². The zero-order valence-electron chi connectivity index (χ0n) is 12.6. The Morgan fingerprint density at radius 2 is 2.00 bits per heavy atom. The molecule has 0 bridgehead atoms. The van der Waals surface area contributed by atoms with Crippen LogP contribution in [0.5, 0.6) is 5.75 Å². The van der Waals surface area contributed by atoms with E-state index in [1.54, 1.807) is 25.2 Å². The highest BCUT2D eigenvalue weighted by Crippen LogP contribution is 2.31. The van der Waals surface area contributed by atoms with Crippen LogP contribution < -0.4 is 10.2 Å². The molecule has 0 atom stereocenters. The maximum absolute atomic E-state index is 14.4. The predicted octanol–water partition coefficient (Wildman–Crippen LogP) is 2.78. The first-order chi connectivity index (χ1) is 11.2. The maximum Gasteiger partial charge on any atom is 0.190 e. The van der Waals surface area contributed by atoms with Crippen LogP contribution in [0.2, 0.25) is 0 Å². The molecular formula is C16H15FN4O2. The molecule has 0 aliphatic carbocycles. The van der Waals surface area contributed by atoms with E-state index in [2.05, 4.69) is 15.6 Å². The Hall–Kier alpha value is -2.93. The monoisotopic (exact) mass is 314 g/mol. The summed E-state index contributed by atoms with van der Waals surface area (Å²) >= 11 is 0. The number of aromatic nitrogens is 2. The molecule has 23 heavy (non-hydrogen) atoms. The Labute approximate surface area is 131 Å². The summed E-state index contributed by atoms with van der Waals surface area (Å²) in [6, 6.07) is 12.3. The molecule has 0 fully saturated rings. The normalized spacial score (nSPS) is 11.7. The molecule has 7 heteroatoms. The number of amidine groups is 1. The van der Waals surface area contributed by atoms with Crippen molar-refractivity contribution in [3.8, 4) is 5.75 Å². The molecule has 1 aromatic heterocycles. The summed E-state index contributed by atoms with van der Waals surface area (Å²) in [5.41, 5.74) is 3.03. The van der Waals surface area contributed by atoms with E-state index in [0.29, 0.717) is 16.8 Å². The van der Waals surface area contributed by atoms with E-state index in [0.717, 1.165) is 0 Å². The fourth-order valence-electron chi connectivity index (χ4n) is 2.39. The first-order valence-electron chi connectivity index (χ1n) is 6.89. The van der Waals surface area contributed by atoms with Crippen LogP contribution in [0, 0.1) is 5.82 Å². The first kappa shape index (κ1) is 15.0. The van der Waals surface area contributed by atoms with Gasteiger partial charge in [0.05, 0.1) is 7.11 Å². The number of hydroxylamine groups is 1. The third-order valence-electron chi connectivity index (χ3n) is 3.48. The van der Waals surface area contributed by atoms with Gasteiger partial charge in [-0.2, -0.15) is 5.10 Å². The van der Waals surface area contributed by atoms with Gasteiger partial charge in [-0.15, -0.1) is 0 Å². The van der Waals surface area contributed by atoms with Crippen LogP contribution in [0.4, 0.5) is 10.2 Å². The molecule has 3 aromatic rings. The van der Waals surface area contributed by atoms with Gasteiger partial charge in [0.1, 0.15) is 5.52 Å². The van der Waals surface area contributed by atoms with Crippen LogP contribution in [0.3, 0.4) is 0 Å². The van der Waals surface area contributed by atoms with Gasteiger partial charge in [0.2, 0.25) is 0 Å². The summed E-state index contributed by atoms with van der Waals surface area (Å²) in [5.74, 6) is 0.158. The van der Waals surface area contributed by atoms with Crippen molar-refractivity contribution in [1.29, 1.82) is 0 Å². The molecule has 0 aliphatic heterocycles. The highest BCUT2D eigenvalue weighted by molar-refractivity contribution is 6.02. The van der Waals surface area contributed by atoms with Gasteiger partial charge in [-0.3, -0.25) is 15.4 Å². The third-order valence-corrected chi connectivity index (χ3v) is 3.48. The Bertz CT molecular complexity index is 875. The smallest absolute Gasteiger partial charge is 0.190 e. The van der Waals surface area contributed by atoms with Crippen molar-refractivity contribution in [2.75, 3.05) is 7.11 Å². The minimum Gasteiger partial charge on any atom is -0.494 e. The van der Waals surface area contributed by atoms with Crippen molar-refractivity contribution in [2.24, 2.45) is 12.0 Å². The molecule has 0 aliphatic rings. The van der Waals surface area contributed by atoms with Crippen LogP contribution in [-0.2, 0) is 7.05 Å². The SMILES string of the molecule is COc1ccc2c(N=C(NO)c3ccccc3)nn(C)c2c1F. The molecule has 2 N–H and O–H groups in total. The predicted molar refractivity (Wildman–Crippen MR) is 84.8 cm³/mol. The van der Waals surface area contributed by atoms with E-state index in [9.17, 15) is 9.60 Å². The van der Waals surface area contributed by atoms with Gasteiger partial charge in [0.15, 0.2) is 23.2 Å². The minimum atomic E-state index is -0.500. The third kappa shape index (κ3) is 2.62. The number of methoxy groups -OCH3 is 1. The molecule has 0 saturated heterocycles. The topological polar surface area (TPSA) is 71.7 Å². The Morgan fingerprint density at radius 1 is 1.26 bits per heavy atom. The largest absolute Gasteiger partial charge is 0.494 e. The lowest BCUT2D eigenvalue weighted by atomic mass is 10.2. The summed E-state index contributed by atoms with van der Waals surface area (Å²) < 4.78 is 20.8. The molecule has 1 heterocycles. The number of aliphatic imine (C=N–C) groups is 1. The summed E-state index contributed by atoms with van der Waals surface area (Å²) in [5, 5.41) is 14.1. The number of rotatable bonds is 3. The summed E-state index contributed by atoms with van der Waals surface area (Å²) in [4.78, 5) is 4.31. The van der Waals surface area contributed by atoms with Crippen molar-refractivity contribution in [2.45, 2.75) is 0 Å². The minimum absolute atomic E-state index is 0.139. The van der Waals surface area contributed by atoms with Gasteiger partial charge in [0, 0.05) is 18.0 Å². The first-order valence-corrected chi connectivity index (χ1v) is 6.89. The molecule has 0 radical (unpaired) electrons. The quantitative estimate of drug-likeness (QED) is 0.443. The van der Waals surface area contributed by atoms with E-state index >= 15 is 0 Å². The van der Waals surface area contributed by atoms with Crippen LogP contribution >= 0.6 is 0 Å². The van der Waals surface area contributed by atoms with E-state index in [1.165, 1.54) is 17.9 Å². The number of halogens is 1. The Morgan fingerprint density at radius 3 is 2.65 bits per heavy atom. The van der Waals surface area contributed by atoms with Crippen LogP contribution in [0.15, 0.2) is 47.5 Å². The molecule has 0 spiro atoms. The van der Waals surface area contributed by atoms with Gasteiger partial charge < -0.3 is 4.74 Å². The summed E-state index contributed by atoms with van der Waals surface area (Å²) in [6.07, 6.45) is 0. The number of aryl methyl sites for hydroxylation is 1. The lowest BCUT2D eigenvalue weighted by molar-refractivity contribution is 0.235. The van der Waals surface area contributed by atoms with Crippen molar-refractivity contribution >= 4 is 22.6 Å². The lowest BCUT2D eigenvalue weighted by Gasteiger charge is -2.04. The highest BCUT2D eigenvalue weighted by Gasteiger charge is 2.16. The second-order valence-corrected chi connectivity index (χ2v) is 4.86. The molecule has 6 nitrogen and oxygen atoms in total. The number of nitrogens with zero attached hydrogens (tertiary/aromatic N) is 3. The van der Waals surface area contributed by atoms with Gasteiger partial charge in [-0.05, 0) is 12.1 Å². The second kappa shape index (κ2) is 6.05. The number of hydrogen-bond acceptors (Lipinski definition) is 4. The standard InChI is InChI=1S/C16H15FN4O2/c1-21-14-11(8-9-12(23-2)13(14)17)16(19-21)18-15(20-22)10-6-4-3-5-7-10/h3-9,22H,1-2H3,(H,18,19,20). The zero-order chi connectivity index (χ0) is 16.4. The average molecular weight is 314 g/mol. The lowest BCUT2D eigenvalue weighted by Crippen LogP contribution is -2.19. The number of ether oxygens (including phenoxy) is 1. The van der Waals surface area contributed by atoms with Crippen molar-refractivity contribution in [3.05, 3.63) is 53.8 Å². The number of hydrogen-bond donors (Lipinski definition) is 2. The van der Waals surface area contributed by atoms with Gasteiger partial charge in [0.25, 0.3) is 0 Å². The fraction of sp³-hybridized carbons (Fsp3) is 0.125.